The normalized spacial score (nSPS) is 20.2. The Morgan fingerprint density at radius 3 is 3.12 bits per heavy atom. The fraction of sp³-hybridized carbons (Fsp3) is 0.583. The molecule has 1 heterocycles. The first-order valence-electron chi connectivity index (χ1n) is 5.86. The Kier molecular flexibility index (Phi) is 4.25. The topological polar surface area (TPSA) is 56.3 Å². The Labute approximate surface area is 104 Å². The molecule has 1 aliphatic rings. The maximum Gasteiger partial charge on any atom is 0.306 e. The van der Waals surface area contributed by atoms with E-state index in [0.717, 1.165) is 17.8 Å². The molecular weight excluding hydrogens is 238 g/mol. The lowest BCUT2D eigenvalue weighted by molar-refractivity contribution is -0.156. The first kappa shape index (κ1) is 12.2. The second-order valence-electron chi connectivity index (χ2n) is 4.12. The first-order chi connectivity index (χ1) is 8.25. The second-order valence-corrected chi connectivity index (χ2v) is 5.10. The van der Waals surface area contributed by atoms with Crippen LogP contribution in [0.3, 0.4) is 0 Å². The van der Waals surface area contributed by atoms with Gasteiger partial charge in [0, 0.05) is 24.4 Å². The van der Waals surface area contributed by atoms with Crippen LogP contribution < -0.4 is 0 Å². The van der Waals surface area contributed by atoms with Crippen molar-refractivity contribution in [1.82, 2.24) is 4.98 Å². The Balaban J connectivity index is 1.75. The lowest BCUT2D eigenvalue weighted by Crippen LogP contribution is -2.30. The van der Waals surface area contributed by atoms with E-state index in [1.165, 1.54) is 11.3 Å². The van der Waals surface area contributed by atoms with Gasteiger partial charge in [0.05, 0.1) is 11.4 Å². The van der Waals surface area contributed by atoms with Gasteiger partial charge in [-0.2, -0.15) is 0 Å². The Hall–Kier alpha value is -1.23. The van der Waals surface area contributed by atoms with Crippen LogP contribution in [0.5, 0.6) is 0 Å². The van der Waals surface area contributed by atoms with Crippen molar-refractivity contribution in [1.29, 1.82) is 0 Å². The lowest BCUT2D eigenvalue weighted by Gasteiger charge is -2.20. The van der Waals surface area contributed by atoms with Gasteiger partial charge in [-0.1, -0.05) is 0 Å². The molecule has 1 aromatic rings. The average Bonchev–Trinajstić information content (AvgIpc) is 2.82. The van der Waals surface area contributed by atoms with Gasteiger partial charge in [0.15, 0.2) is 11.9 Å². The number of aromatic nitrogens is 1. The molecule has 1 atom stereocenters. The molecule has 5 heteroatoms. The van der Waals surface area contributed by atoms with Crippen molar-refractivity contribution < 1.29 is 14.3 Å². The molecular formula is C12H15NO3S. The van der Waals surface area contributed by atoms with Crippen LogP contribution in [0.25, 0.3) is 0 Å². The number of ketones is 1. The van der Waals surface area contributed by atoms with Crippen LogP contribution in [0.15, 0.2) is 11.6 Å². The first-order valence-corrected chi connectivity index (χ1v) is 6.74. The van der Waals surface area contributed by atoms with Crippen LogP contribution in [-0.4, -0.2) is 22.8 Å². The molecule has 1 saturated carbocycles. The summed E-state index contributed by atoms with van der Waals surface area (Å²) in [6, 6.07) is 0. The average molecular weight is 253 g/mol. The van der Waals surface area contributed by atoms with Gasteiger partial charge in [-0.3, -0.25) is 9.59 Å². The summed E-state index contributed by atoms with van der Waals surface area (Å²) in [6.45, 7) is 0. The molecule has 1 aromatic heterocycles. The zero-order chi connectivity index (χ0) is 12.1. The molecule has 0 amide bonds. The third-order valence-corrected chi connectivity index (χ3v) is 3.64. The number of hydrogen-bond donors (Lipinski definition) is 0. The van der Waals surface area contributed by atoms with Crippen LogP contribution in [0, 0.1) is 0 Å². The number of nitrogens with zero attached hydrogens (tertiary/aromatic N) is 1. The van der Waals surface area contributed by atoms with Gasteiger partial charge in [0.25, 0.3) is 0 Å². The highest BCUT2D eigenvalue weighted by Crippen LogP contribution is 2.18. The molecule has 0 unspecified atom stereocenters. The summed E-state index contributed by atoms with van der Waals surface area (Å²) in [5, 5.41) is 2.81. The monoisotopic (exact) mass is 253 g/mol. The van der Waals surface area contributed by atoms with E-state index in [-0.39, 0.29) is 11.8 Å². The van der Waals surface area contributed by atoms with Crippen molar-refractivity contribution in [3.63, 3.8) is 0 Å². The molecule has 0 aromatic carbocycles. The Morgan fingerprint density at radius 2 is 2.41 bits per heavy atom. The fourth-order valence-electron chi connectivity index (χ4n) is 1.88. The number of hydrogen-bond acceptors (Lipinski definition) is 5. The zero-order valence-corrected chi connectivity index (χ0v) is 10.4. The SMILES string of the molecule is O=C(CCc1nccs1)O[C@H]1CCCCC1=O. The molecule has 1 fully saturated rings. The van der Waals surface area contributed by atoms with Gasteiger partial charge < -0.3 is 4.74 Å². The lowest BCUT2D eigenvalue weighted by atomic mass is 9.96. The summed E-state index contributed by atoms with van der Waals surface area (Å²) < 4.78 is 5.19. The van der Waals surface area contributed by atoms with Crippen molar-refractivity contribution in [2.75, 3.05) is 0 Å². The predicted molar refractivity (Wildman–Crippen MR) is 63.8 cm³/mol. The van der Waals surface area contributed by atoms with Crippen molar-refractivity contribution in [3.05, 3.63) is 16.6 Å². The Bertz CT molecular complexity index is 388. The minimum atomic E-state index is -0.493. The number of thiazole rings is 1. The molecule has 0 radical (unpaired) electrons. The third-order valence-electron chi connectivity index (χ3n) is 2.80. The Morgan fingerprint density at radius 1 is 1.53 bits per heavy atom. The number of carbonyl (C=O) groups is 2. The van der Waals surface area contributed by atoms with Crippen LogP contribution in [0.1, 0.15) is 37.1 Å². The molecule has 0 bridgehead atoms. The van der Waals surface area contributed by atoms with E-state index < -0.39 is 6.10 Å². The van der Waals surface area contributed by atoms with Gasteiger partial charge in [0.1, 0.15) is 0 Å². The van der Waals surface area contributed by atoms with Crippen molar-refractivity contribution >= 4 is 23.1 Å². The minimum absolute atomic E-state index is 0.0684. The summed E-state index contributed by atoms with van der Waals surface area (Å²) in [6.07, 6.45) is 5.24. The molecule has 0 N–H and O–H groups in total. The van der Waals surface area contributed by atoms with E-state index >= 15 is 0 Å². The number of aryl methyl sites for hydroxylation is 1. The van der Waals surface area contributed by atoms with Crippen LogP contribution in [-0.2, 0) is 20.7 Å². The van der Waals surface area contributed by atoms with Crippen LogP contribution >= 0.6 is 11.3 Å². The predicted octanol–water partition coefficient (Wildman–Crippen LogP) is 2.13. The smallest absolute Gasteiger partial charge is 0.306 e. The van der Waals surface area contributed by atoms with E-state index in [1.807, 2.05) is 5.38 Å². The second kappa shape index (κ2) is 5.91. The summed E-state index contributed by atoms with van der Waals surface area (Å²) in [4.78, 5) is 27.1. The largest absolute Gasteiger partial charge is 0.454 e. The van der Waals surface area contributed by atoms with Gasteiger partial charge in [0.2, 0.25) is 0 Å². The standard InChI is InChI=1S/C12H15NO3S/c14-9-3-1-2-4-10(9)16-12(15)6-5-11-13-7-8-17-11/h7-8,10H,1-6H2/t10-/m0/s1. The van der Waals surface area contributed by atoms with Crippen LogP contribution in [0.2, 0.25) is 0 Å². The van der Waals surface area contributed by atoms with Crippen LogP contribution in [0.4, 0.5) is 0 Å². The fourth-order valence-corrected chi connectivity index (χ4v) is 2.50. The molecule has 0 aliphatic heterocycles. The molecule has 4 nitrogen and oxygen atoms in total. The highest BCUT2D eigenvalue weighted by Gasteiger charge is 2.25. The van der Waals surface area contributed by atoms with Gasteiger partial charge in [-0.15, -0.1) is 11.3 Å². The highest BCUT2D eigenvalue weighted by molar-refractivity contribution is 7.09. The summed E-state index contributed by atoms with van der Waals surface area (Å²) in [5.74, 6) is -0.223. The molecule has 1 aliphatic carbocycles. The van der Waals surface area contributed by atoms with Gasteiger partial charge in [-0.05, 0) is 19.3 Å². The maximum atomic E-state index is 11.6. The molecule has 92 valence electrons. The van der Waals surface area contributed by atoms with E-state index in [9.17, 15) is 9.59 Å². The maximum absolute atomic E-state index is 11.6. The minimum Gasteiger partial charge on any atom is -0.454 e. The number of Topliss-reactive ketones (excluding diaryl/α,β-unsaturated/α-hetero) is 1. The van der Waals surface area contributed by atoms with Crippen molar-refractivity contribution in [2.45, 2.75) is 44.6 Å². The van der Waals surface area contributed by atoms with Gasteiger partial charge in [-0.25, -0.2) is 4.98 Å². The van der Waals surface area contributed by atoms with E-state index in [2.05, 4.69) is 4.98 Å². The number of rotatable bonds is 4. The molecule has 0 spiro atoms. The molecule has 17 heavy (non-hydrogen) atoms. The number of ether oxygens (including phenoxy) is 1. The summed E-state index contributed by atoms with van der Waals surface area (Å²) in [5.41, 5.74) is 0. The van der Waals surface area contributed by atoms with Crippen molar-refractivity contribution in [3.8, 4) is 0 Å². The third kappa shape index (κ3) is 3.63. The van der Waals surface area contributed by atoms with Crippen molar-refractivity contribution in [2.24, 2.45) is 0 Å². The van der Waals surface area contributed by atoms with E-state index in [4.69, 9.17) is 4.74 Å². The van der Waals surface area contributed by atoms with E-state index in [1.54, 1.807) is 6.20 Å². The summed E-state index contributed by atoms with van der Waals surface area (Å²) in [7, 11) is 0. The number of esters is 1. The zero-order valence-electron chi connectivity index (χ0n) is 9.55. The summed E-state index contributed by atoms with van der Waals surface area (Å²) >= 11 is 1.53. The molecule has 0 saturated heterocycles. The number of carbonyl (C=O) groups excluding carboxylic acids is 2. The van der Waals surface area contributed by atoms with E-state index in [0.29, 0.717) is 25.7 Å². The molecule has 2 rings (SSSR count). The van der Waals surface area contributed by atoms with Gasteiger partial charge >= 0.3 is 5.97 Å². The highest BCUT2D eigenvalue weighted by atomic mass is 32.1. The quantitative estimate of drug-likeness (QED) is 0.771.